The predicted octanol–water partition coefficient (Wildman–Crippen LogP) is 3.05. The van der Waals surface area contributed by atoms with Gasteiger partial charge in [0.1, 0.15) is 6.04 Å². The highest BCUT2D eigenvalue weighted by atomic mass is 32.2. The Morgan fingerprint density at radius 3 is 2.48 bits per heavy atom. The van der Waals surface area contributed by atoms with Crippen LogP contribution in [0.3, 0.4) is 0 Å². The number of rotatable bonds is 9. The van der Waals surface area contributed by atoms with Crippen LogP contribution in [0.25, 0.3) is 0 Å². The Morgan fingerprint density at radius 1 is 1.10 bits per heavy atom. The largest absolute Gasteiger partial charge is 0.454 e. The number of hydrogen-bond donors (Lipinski definition) is 1. The van der Waals surface area contributed by atoms with E-state index in [9.17, 15) is 14.4 Å². The van der Waals surface area contributed by atoms with Crippen molar-refractivity contribution < 1.29 is 19.1 Å². The topological polar surface area (TPSA) is 75.7 Å². The Balaban J connectivity index is 1.97. The molecule has 0 radical (unpaired) electrons. The number of amides is 2. The molecule has 1 N–H and O–H groups in total. The third kappa shape index (κ3) is 6.94. The number of hydrogen-bond acceptors (Lipinski definition) is 5. The van der Waals surface area contributed by atoms with Crippen molar-refractivity contribution in [2.75, 3.05) is 30.6 Å². The van der Waals surface area contributed by atoms with Crippen molar-refractivity contribution in [2.24, 2.45) is 0 Å². The van der Waals surface area contributed by atoms with Crippen LogP contribution in [0.2, 0.25) is 0 Å². The zero-order valence-electron chi connectivity index (χ0n) is 16.9. The zero-order chi connectivity index (χ0) is 21.2. The van der Waals surface area contributed by atoms with Crippen molar-refractivity contribution in [2.45, 2.75) is 19.4 Å². The maximum Gasteiger partial charge on any atom is 0.329 e. The molecule has 0 bridgehead atoms. The van der Waals surface area contributed by atoms with Gasteiger partial charge in [-0.2, -0.15) is 11.8 Å². The number of ether oxygens (including phenoxy) is 1. The van der Waals surface area contributed by atoms with E-state index in [1.54, 1.807) is 49.1 Å². The SMILES string of the molecule is CSCC[C@H](NC(=O)c1cccc(C)c1)C(=O)OCC(=O)N(C)c1ccccc1. The molecule has 154 valence electrons. The summed E-state index contributed by atoms with van der Waals surface area (Å²) in [5.74, 6) is -0.635. The van der Waals surface area contributed by atoms with Gasteiger partial charge in [-0.3, -0.25) is 9.59 Å². The third-order valence-corrected chi connectivity index (χ3v) is 4.98. The molecule has 2 rings (SSSR count). The van der Waals surface area contributed by atoms with E-state index in [-0.39, 0.29) is 18.4 Å². The molecule has 2 amide bonds. The second kappa shape index (κ2) is 11.3. The molecule has 2 aromatic carbocycles. The van der Waals surface area contributed by atoms with Gasteiger partial charge in [0.15, 0.2) is 6.61 Å². The Morgan fingerprint density at radius 2 is 1.83 bits per heavy atom. The van der Waals surface area contributed by atoms with Crippen LogP contribution in [-0.4, -0.2) is 49.5 Å². The van der Waals surface area contributed by atoms with Gasteiger partial charge in [0.25, 0.3) is 11.8 Å². The number of benzene rings is 2. The van der Waals surface area contributed by atoms with Gasteiger partial charge >= 0.3 is 5.97 Å². The van der Waals surface area contributed by atoms with Gasteiger partial charge < -0.3 is 15.0 Å². The standard InChI is InChI=1S/C22H26N2O4S/c1-16-8-7-9-17(14-16)21(26)23-19(12-13-29-3)22(27)28-15-20(25)24(2)18-10-5-4-6-11-18/h4-11,14,19H,12-13,15H2,1-3H3,(H,23,26)/t19-/m0/s1. The second-order valence-corrected chi connectivity index (χ2v) is 7.56. The third-order valence-electron chi connectivity index (χ3n) is 4.34. The van der Waals surface area contributed by atoms with Crippen LogP contribution in [-0.2, 0) is 14.3 Å². The average Bonchev–Trinajstić information content (AvgIpc) is 2.74. The molecule has 6 nitrogen and oxygen atoms in total. The maximum atomic E-state index is 12.5. The van der Waals surface area contributed by atoms with Crippen LogP contribution < -0.4 is 10.2 Å². The smallest absolute Gasteiger partial charge is 0.329 e. The molecule has 0 aliphatic heterocycles. The molecule has 0 aliphatic carbocycles. The van der Waals surface area contributed by atoms with E-state index in [1.165, 1.54) is 4.90 Å². The molecule has 29 heavy (non-hydrogen) atoms. The van der Waals surface area contributed by atoms with Crippen molar-refractivity contribution in [1.82, 2.24) is 5.32 Å². The summed E-state index contributed by atoms with van der Waals surface area (Å²) >= 11 is 1.57. The molecular weight excluding hydrogens is 388 g/mol. The van der Waals surface area contributed by atoms with E-state index < -0.39 is 12.0 Å². The number of para-hydroxylation sites is 1. The zero-order valence-corrected chi connectivity index (χ0v) is 17.7. The Bertz CT molecular complexity index is 842. The summed E-state index contributed by atoms with van der Waals surface area (Å²) in [6, 6.07) is 15.4. The lowest BCUT2D eigenvalue weighted by Gasteiger charge is -2.20. The van der Waals surface area contributed by atoms with Crippen molar-refractivity contribution in [3.05, 3.63) is 65.7 Å². The van der Waals surface area contributed by atoms with E-state index in [0.29, 0.717) is 23.4 Å². The summed E-state index contributed by atoms with van der Waals surface area (Å²) in [5.41, 5.74) is 2.14. The lowest BCUT2D eigenvalue weighted by atomic mass is 10.1. The highest BCUT2D eigenvalue weighted by molar-refractivity contribution is 7.98. The van der Waals surface area contributed by atoms with Crippen molar-refractivity contribution >= 4 is 35.2 Å². The lowest BCUT2D eigenvalue weighted by Crippen LogP contribution is -2.43. The number of nitrogens with zero attached hydrogens (tertiary/aromatic N) is 1. The molecule has 7 heteroatoms. The first-order valence-electron chi connectivity index (χ1n) is 9.27. The van der Waals surface area contributed by atoms with E-state index in [4.69, 9.17) is 4.74 Å². The fourth-order valence-electron chi connectivity index (χ4n) is 2.64. The minimum absolute atomic E-state index is 0.343. The van der Waals surface area contributed by atoms with Crippen LogP contribution in [0.5, 0.6) is 0 Å². The Labute approximate surface area is 175 Å². The number of thioether (sulfide) groups is 1. The summed E-state index contributed by atoms with van der Waals surface area (Å²) in [5, 5.41) is 2.73. The first kappa shape index (κ1) is 22.5. The molecular formula is C22H26N2O4S. The van der Waals surface area contributed by atoms with Gasteiger partial charge in [0.05, 0.1) is 0 Å². The number of anilines is 1. The van der Waals surface area contributed by atoms with Crippen LogP contribution >= 0.6 is 11.8 Å². The van der Waals surface area contributed by atoms with Crippen molar-refractivity contribution in [1.29, 1.82) is 0 Å². The molecule has 0 fully saturated rings. The van der Waals surface area contributed by atoms with Gasteiger partial charge in [0.2, 0.25) is 0 Å². The number of nitrogens with one attached hydrogen (secondary N) is 1. The van der Waals surface area contributed by atoms with Crippen molar-refractivity contribution in [3.63, 3.8) is 0 Å². The molecule has 0 aromatic heterocycles. The van der Waals surface area contributed by atoms with Crippen LogP contribution in [0, 0.1) is 6.92 Å². The minimum atomic E-state index is -0.815. The molecule has 0 saturated heterocycles. The highest BCUT2D eigenvalue weighted by Crippen LogP contribution is 2.12. The Kier molecular flexibility index (Phi) is 8.73. The fourth-order valence-corrected chi connectivity index (χ4v) is 3.11. The molecule has 0 unspecified atom stereocenters. The van der Waals surface area contributed by atoms with E-state index in [0.717, 1.165) is 5.56 Å². The molecule has 0 aliphatic rings. The lowest BCUT2D eigenvalue weighted by molar-refractivity contribution is -0.149. The van der Waals surface area contributed by atoms with E-state index in [1.807, 2.05) is 37.4 Å². The number of likely N-dealkylation sites (N-methyl/N-ethyl adjacent to an activating group) is 1. The normalized spacial score (nSPS) is 11.4. The molecule has 0 spiro atoms. The monoisotopic (exact) mass is 414 g/mol. The highest BCUT2D eigenvalue weighted by Gasteiger charge is 2.24. The van der Waals surface area contributed by atoms with Gasteiger partial charge in [-0.1, -0.05) is 35.9 Å². The maximum absolute atomic E-state index is 12.5. The molecule has 2 aromatic rings. The first-order chi connectivity index (χ1) is 13.9. The summed E-state index contributed by atoms with van der Waals surface area (Å²) < 4.78 is 5.21. The first-order valence-corrected chi connectivity index (χ1v) is 10.7. The second-order valence-electron chi connectivity index (χ2n) is 6.57. The quantitative estimate of drug-likeness (QED) is 0.639. The van der Waals surface area contributed by atoms with Crippen molar-refractivity contribution in [3.8, 4) is 0 Å². The molecule has 0 heterocycles. The Hall–Kier alpha value is -2.80. The number of carbonyl (C=O) groups is 3. The van der Waals surface area contributed by atoms with Gasteiger partial charge in [0, 0.05) is 18.3 Å². The van der Waals surface area contributed by atoms with Crippen LogP contribution in [0.4, 0.5) is 5.69 Å². The minimum Gasteiger partial charge on any atom is -0.454 e. The van der Waals surface area contributed by atoms with Gasteiger partial charge in [-0.05, 0) is 49.6 Å². The summed E-state index contributed by atoms with van der Waals surface area (Å²) in [7, 11) is 1.62. The van der Waals surface area contributed by atoms with E-state index >= 15 is 0 Å². The number of esters is 1. The van der Waals surface area contributed by atoms with Gasteiger partial charge in [-0.15, -0.1) is 0 Å². The molecule has 1 atom stereocenters. The number of carbonyl (C=O) groups excluding carboxylic acids is 3. The van der Waals surface area contributed by atoms with Crippen LogP contribution in [0.1, 0.15) is 22.3 Å². The summed E-state index contributed by atoms with van der Waals surface area (Å²) in [6.07, 6.45) is 2.34. The average molecular weight is 415 g/mol. The summed E-state index contributed by atoms with van der Waals surface area (Å²) in [6.45, 7) is 1.51. The predicted molar refractivity (Wildman–Crippen MR) is 116 cm³/mol. The summed E-state index contributed by atoms with van der Waals surface area (Å²) in [4.78, 5) is 38.8. The fraction of sp³-hybridized carbons (Fsp3) is 0.318. The number of aryl methyl sites for hydroxylation is 1. The van der Waals surface area contributed by atoms with Crippen LogP contribution in [0.15, 0.2) is 54.6 Å². The van der Waals surface area contributed by atoms with Gasteiger partial charge in [-0.25, -0.2) is 4.79 Å². The van der Waals surface area contributed by atoms with E-state index in [2.05, 4.69) is 5.32 Å². The molecule has 0 saturated carbocycles.